The van der Waals surface area contributed by atoms with E-state index in [1.807, 2.05) is 11.8 Å². The van der Waals surface area contributed by atoms with Crippen LogP contribution in [0.5, 0.6) is 0 Å². The number of methoxy groups -OCH3 is 1. The number of halogens is 1. The predicted octanol–water partition coefficient (Wildman–Crippen LogP) is 2.03. The fourth-order valence-electron chi connectivity index (χ4n) is 1.77. The molecule has 0 aromatic heterocycles. The largest absolute Gasteiger partial charge is 0.379 e. The zero-order valence-electron chi connectivity index (χ0n) is 11.8. The third kappa shape index (κ3) is 5.97. The Kier molecular flexibility index (Phi) is 8.62. The quantitative estimate of drug-likeness (QED) is 0.458. The van der Waals surface area contributed by atoms with Gasteiger partial charge in [-0.25, -0.2) is 0 Å². The van der Waals surface area contributed by atoms with Crippen molar-refractivity contribution in [3.8, 4) is 0 Å². The van der Waals surface area contributed by atoms with E-state index in [1.165, 1.54) is 0 Å². The van der Waals surface area contributed by atoms with Gasteiger partial charge in [0.05, 0.1) is 12.6 Å². The van der Waals surface area contributed by atoms with Crippen LogP contribution in [0.4, 0.5) is 0 Å². The Balaban J connectivity index is 0.00000289. The number of guanidine groups is 1. The van der Waals surface area contributed by atoms with Gasteiger partial charge in [0.1, 0.15) is 0 Å². The Labute approximate surface area is 132 Å². The van der Waals surface area contributed by atoms with Crippen LogP contribution in [0.3, 0.4) is 0 Å². The van der Waals surface area contributed by atoms with E-state index in [-0.39, 0.29) is 35.5 Å². The van der Waals surface area contributed by atoms with Crippen LogP contribution in [0, 0.1) is 5.41 Å². The van der Waals surface area contributed by atoms with Gasteiger partial charge in [-0.05, 0) is 5.41 Å². The molecular weight excluding hydrogens is 361 g/mol. The average molecular weight is 387 g/mol. The first-order valence-electron chi connectivity index (χ1n) is 6.10. The Bertz CT molecular complexity index is 263. The van der Waals surface area contributed by atoms with Crippen LogP contribution in [0.15, 0.2) is 4.99 Å². The fourth-order valence-corrected chi connectivity index (χ4v) is 2.67. The molecule has 0 spiro atoms. The zero-order chi connectivity index (χ0) is 12.9. The maximum Gasteiger partial charge on any atom is 0.191 e. The van der Waals surface area contributed by atoms with Gasteiger partial charge >= 0.3 is 0 Å². The van der Waals surface area contributed by atoms with E-state index in [1.54, 1.807) is 7.11 Å². The number of hydrogen-bond donors (Lipinski definition) is 1. The molecule has 0 amide bonds. The van der Waals surface area contributed by atoms with Gasteiger partial charge in [-0.2, -0.15) is 11.8 Å². The Morgan fingerprint density at radius 2 is 1.94 bits per heavy atom. The number of hydrogen-bond acceptors (Lipinski definition) is 3. The summed E-state index contributed by atoms with van der Waals surface area (Å²) < 4.78 is 5.47. The SMILES string of the molecule is COC(CN=C(N)N1CCSCC1)C(C)(C)C.I. The van der Waals surface area contributed by atoms with Gasteiger partial charge in [-0.15, -0.1) is 24.0 Å². The van der Waals surface area contributed by atoms with Crippen molar-refractivity contribution in [2.45, 2.75) is 26.9 Å². The minimum absolute atomic E-state index is 0. The van der Waals surface area contributed by atoms with Crippen molar-refractivity contribution in [3.05, 3.63) is 0 Å². The molecular formula is C12H26IN3OS. The monoisotopic (exact) mass is 387 g/mol. The maximum absolute atomic E-state index is 6.01. The van der Waals surface area contributed by atoms with Gasteiger partial charge in [0, 0.05) is 31.7 Å². The molecule has 2 N–H and O–H groups in total. The predicted molar refractivity (Wildman–Crippen MR) is 91.1 cm³/mol. The molecule has 0 aromatic carbocycles. The van der Waals surface area contributed by atoms with Gasteiger partial charge in [0.15, 0.2) is 5.96 Å². The van der Waals surface area contributed by atoms with Crippen molar-refractivity contribution in [2.75, 3.05) is 38.2 Å². The van der Waals surface area contributed by atoms with Crippen LogP contribution in [0.2, 0.25) is 0 Å². The standard InChI is InChI=1S/C12H25N3OS.HI/c1-12(2,3)10(16-4)9-14-11(13)15-5-7-17-8-6-15;/h10H,5-9H2,1-4H3,(H2,13,14);1H. The van der Waals surface area contributed by atoms with E-state index in [0.717, 1.165) is 24.6 Å². The molecule has 18 heavy (non-hydrogen) atoms. The summed E-state index contributed by atoms with van der Waals surface area (Å²) in [4.78, 5) is 6.63. The van der Waals surface area contributed by atoms with Crippen LogP contribution >= 0.6 is 35.7 Å². The fraction of sp³-hybridized carbons (Fsp3) is 0.917. The zero-order valence-corrected chi connectivity index (χ0v) is 15.0. The van der Waals surface area contributed by atoms with Gasteiger partial charge < -0.3 is 15.4 Å². The van der Waals surface area contributed by atoms with Crippen LogP contribution < -0.4 is 5.73 Å². The number of ether oxygens (including phenoxy) is 1. The summed E-state index contributed by atoms with van der Waals surface area (Å²) in [7, 11) is 1.74. The van der Waals surface area contributed by atoms with E-state index in [4.69, 9.17) is 10.5 Å². The van der Waals surface area contributed by atoms with Crippen molar-refractivity contribution >= 4 is 41.7 Å². The highest BCUT2D eigenvalue weighted by molar-refractivity contribution is 14.0. The van der Waals surface area contributed by atoms with Gasteiger partial charge in [-0.1, -0.05) is 20.8 Å². The highest BCUT2D eigenvalue weighted by Crippen LogP contribution is 2.22. The summed E-state index contributed by atoms with van der Waals surface area (Å²) in [5, 5.41) is 0. The first kappa shape index (κ1) is 18.3. The lowest BCUT2D eigenvalue weighted by molar-refractivity contribution is 0.0240. The maximum atomic E-state index is 6.01. The van der Waals surface area contributed by atoms with E-state index in [9.17, 15) is 0 Å². The van der Waals surface area contributed by atoms with Crippen LogP contribution in [0.1, 0.15) is 20.8 Å². The number of thioether (sulfide) groups is 1. The second kappa shape index (κ2) is 8.47. The summed E-state index contributed by atoms with van der Waals surface area (Å²) >= 11 is 1.97. The molecule has 1 fully saturated rings. The number of aliphatic imine (C=N–C) groups is 1. The van der Waals surface area contributed by atoms with Crippen molar-refractivity contribution in [1.29, 1.82) is 0 Å². The molecule has 108 valence electrons. The molecule has 1 saturated heterocycles. The normalized spacial score (nSPS) is 19.3. The summed E-state index contributed by atoms with van der Waals surface area (Å²) in [6, 6.07) is 0. The van der Waals surface area contributed by atoms with E-state index in [0.29, 0.717) is 12.5 Å². The van der Waals surface area contributed by atoms with Gasteiger partial charge in [-0.3, -0.25) is 4.99 Å². The lowest BCUT2D eigenvalue weighted by atomic mass is 9.89. The lowest BCUT2D eigenvalue weighted by Crippen LogP contribution is -2.43. The third-order valence-electron chi connectivity index (χ3n) is 3.00. The van der Waals surface area contributed by atoms with Crippen LogP contribution in [0.25, 0.3) is 0 Å². The molecule has 1 aliphatic heterocycles. The summed E-state index contributed by atoms with van der Waals surface area (Å²) in [6.45, 7) is 9.12. The minimum Gasteiger partial charge on any atom is -0.379 e. The van der Waals surface area contributed by atoms with Crippen LogP contribution in [-0.4, -0.2) is 55.2 Å². The van der Waals surface area contributed by atoms with Crippen molar-refractivity contribution in [2.24, 2.45) is 16.1 Å². The number of nitrogens with zero attached hydrogens (tertiary/aromatic N) is 2. The highest BCUT2D eigenvalue weighted by Gasteiger charge is 2.24. The number of rotatable bonds is 3. The molecule has 1 heterocycles. The van der Waals surface area contributed by atoms with E-state index < -0.39 is 0 Å². The molecule has 0 aliphatic carbocycles. The third-order valence-corrected chi connectivity index (χ3v) is 3.95. The Morgan fingerprint density at radius 1 is 1.39 bits per heavy atom. The summed E-state index contributed by atoms with van der Waals surface area (Å²) in [5.41, 5.74) is 6.10. The Hall–Kier alpha value is 0.310. The van der Waals surface area contributed by atoms with E-state index in [2.05, 4.69) is 30.7 Å². The summed E-state index contributed by atoms with van der Waals surface area (Å²) in [5.74, 6) is 2.95. The first-order valence-corrected chi connectivity index (χ1v) is 7.26. The molecule has 0 aromatic rings. The molecule has 1 aliphatic rings. The average Bonchev–Trinajstić information content (AvgIpc) is 2.29. The smallest absolute Gasteiger partial charge is 0.191 e. The minimum atomic E-state index is 0. The van der Waals surface area contributed by atoms with Gasteiger partial charge in [0.25, 0.3) is 0 Å². The van der Waals surface area contributed by atoms with Crippen molar-refractivity contribution in [1.82, 2.24) is 4.90 Å². The van der Waals surface area contributed by atoms with Crippen LogP contribution in [-0.2, 0) is 4.74 Å². The molecule has 0 radical (unpaired) electrons. The topological polar surface area (TPSA) is 50.9 Å². The Morgan fingerprint density at radius 3 is 2.39 bits per heavy atom. The number of nitrogens with two attached hydrogens (primary N) is 1. The molecule has 1 atom stereocenters. The molecule has 1 rings (SSSR count). The van der Waals surface area contributed by atoms with E-state index >= 15 is 0 Å². The molecule has 1 unspecified atom stereocenters. The first-order chi connectivity index (χ1) is 7.95. The summed E-state index contributed by atoms with van der Waals surface area (Å²) in [6.07, 6.45) is 0.111. The molecule has 6 heteroatoms. The molecule has 0 saturated carbocycles. The van der Waals surface area contributed by atoms with Crippen molar-refractivity contribution < 1.29 is 4.74 Å². The van der Waals surface area contributed by atoms with Gasteiger partial charge in [0.2, 0.25) is 0 Å². The second-order valence-corrected chi connectivity index (χ2v) is 6.61. The van der Waals surface area contributed by atoms with Crippen molar-refractivity contribution in [3.63, 3.8) is 0 Å². The second-order valence-electron chi connectivity index (χ2n) is 5.39. The lowest BCUT2D eigenvalue weighted by Gasteiger charge is -2.30. The molecule has 0 bridgehead atoms. The molecule has 4 nitrogen and oxygen atoms in total. The highest BCUT2D eigenvalue weighted by atomic mass is 127.